The fraction of sp³-hybridized carbons (Fsp3) is 0. The van der Waals surface area contributed by atoms with Crippen LogP contribution in [0.1, 0.15) is 0 Å². The zero-order valence-electron chi connectivity index (χ0n) is 23.9. The number of rotatable bonds is 3. The van der Waals surface area contributed by atoms with Crippen LogP contribution in [0.3, 0.4) is 0 Å². The highest BCUT2D eigenvalue weighted by Gasteiger charge is 2.22. The van der Waals surface area contributed by atoms with Gasteiger partial charge in [-0.15, -0.1) is 22.7 Å². The van der Waals surface area contributed by atoms with Crippen LogP contribution in [0.15, 0.2) is 140 Å². The lowest BCUT2D eigenvalue weighted by Crippen LogP contribution is -2.02. The quantitative estimate of drug-likeness (QED) is 0.199. The second kappa shape index (κ2) is 9.57. The van der Waals surface area contributed by atoms with Crippen LogP contribution in [-0.4, -0.2) is 14.5 Å². The van der Waals surface area contributed by atoms with Crippen LogP contribution in [0.25, 0.3) is 90.6 Å². The summed E-state index contributed by atoms with van der Waals surface area (Å²) < 4.78 is 6.07. The molecule has 0 unspecified atom stereocenters. The van der Waals surface area contributed by atoms with Crippen LogP contribution in [0.5, 0.6) is 0 Å². The van der Waals surface area contributed by atoms with Crippen LogP contribution in [0, 0.1) is 0 Å². The molecule has 0 aliphatic carbocycles. The molecule has 5 heteroatoms. The van der Waals surface area contributed by atoms with Gasteiger partial charge in [-0.2, -0.15) is 0 Å². The van der Waals surface area contributed by atoms with E-state index in [9.17, 15) is 0 Å². The predicted octanol–water partition coefficient (Wildman–Crippen LogP) is 11.6. The maximum Gasteiger partial charge on any atom is 0.236 e. The Bertz CT molecular complexity index is 2750. The topological polar surface area (TPSA) is 30.7 Å². The monoisotopic (exact) mass is 609 g/mol. The van der Waals surface area contributed by atoms with Crippen molar-refractivity contribution in [2.24, 2.45) is 0 Å². The van der Waals surface area contributed by atoms with E-state index in [1.54, 1.807) is 11.3 Å². The molecule has 0 saturated carbocycles. The van der Waals surface area contributed by atoms with E-state index < -0.39 is 0 Å². The Hall–Kier alpha value is -5.36. The number of thiophene rings is 2. The van der Waals surface area contributed by atoms with Gasteiger partial charge >= 0.3 is 0 Å². The third-order valence-corrected chi connectivity index (χ3v) is 11.1. The van der Waals surface area contributed by atoms with Gasteiger partial charge in [0.15, 0.2) is 0 Å². The first kappa shape index (κ1) is 25.0. The van der Waals surface area contributed by atoms with Crippen LogP contribution < -0.4 is 0 Å². The maximum absolute atomic E-state index is 5.46. The van der Waals surface area contributed by atoms with E-state index in [1.807, 2.05) is 11.3 Å². The summed E-state index contributed by atoms with van der Waals surface area (Å²) in [5.74, 6) is 0.701. The minimum Gasteiger partial charge on any atom is -0.276 e. The van der Waals surface area contributed by atoms with Crippen molar-refractivity contribution in [3.8, 4) is 28.3 Å². The largest absolute Gasteiger partial charge is 0.276 e. The molecule has 0 N–H and O–H groups in total. The molecule has 4 aromatic heterocycles. The molecule has 6 aromatic carbocycles. The van der Waals surface area contributed by atoms with Crippen molar-refractivity contribution in [3.63, 3.8) is 0 Å². The average molecular weight is 610 g/mol. The molecule has 0 saturated heterocycles. The lowest BCUT2D eigenvalue weighted by molar-refractivity contribution is 1.02. The number of benzene rings is 6. The summed E-state index contributed by atoms with van der Waals surface area (Å²) in [6.45, 7) is 0. The van der Waals surface area contributed by atoms with Crippen LogP contribution in [0.2, 0.25) is 0 Å². The van der Waals surface area contributed by atoms with Crippen molar-refractivity contribution in [2.75, 3.05) is 0 Å². The van der Waals surface area contributed by atoms with Crippen LogP contribution in [0.4, 0.5) is 0 Å². The molecule has 0 radical (unpaired) electrons. The molecule has 0 aliphatic rings. The number of fused-ring (bicyclic) bond motifs is 10. The van der Waals surface area contributed by atoms with E-state index in [-0.39, 0.29) is 0 Å². The molecule has 3 nitrogen and oxygen atoms in total. The summed E-state index contributed by atoms with van der Waals surface area (Å²) in [4.78, 5) is 11.8. The van der Waals surface area contributed by atoms with Gasteiger partial charge in [0.05, 0.1) is 21.4 Å². The molecule has 45 heavy (non-hydrogen) atoms. The Morgan fingerprint density at radius 3 is 1.89 bits per heavy atom. The molecular formula is C40H23N3S2. The number of para-hydroxylation sites is 1. The van der Waals surface area contributed by atoms with E-state index in [4.69, 9.17) is 9.97 Å². The zero-order valence-corrected chi connectivity index (χ0v) is 25.6. The van der Waals surface area contributed by atoms with Gasteiger partial charge in [-0.05, 0) is 29.3 Å². The SMILES string of the molecule is c1ccc(-c2ccc(-c3nc(-n4c5ccccc5c5ccc6c7ccccc7sc6c54)nc4sc5ccccc5c34)cc2)cc1. The first-order chi connectivity index (χ1) is 22.3. The maximum atomic E-state index is 5.46. The Morgan fingerprint density at radius 1 is 0.444 bits per heavy atom. The average Bonchev–Trinajstić information content (AvgIpc) is 3.78. The summed E-state index contributed by atoms with van der Waals surface area (Å²) in [5, 5.41) is 7.29. The molecule has 0 atom stereocenters. The Balaban J connectivity index is 1.31. The molecule has 10 aromatic rings. The Kier molecular flexibility index (Phi) is 5.32. The van der Waals surface area contributed by atoms with Gasteiger partial charge in [0.1, 0.15) is 4.83 Å². The summed E-state index contributed by atoms with van der Waals surface area (Å²) >= 11 is 3.59. The first-order valence-electron chi connectivity index (χ1n) is 15.0. The molecule has 0 spiro atoms. The van der Waals surface area contributed by atoms with Gasteiger partial charge in [-0.1, -0.05) is 121 Å². The molecular weight excluding hydrogens is 587 g/mol. The van der Waals surface area contributed by atoms with E-state index in [2.05, 4.69) is 144 Å². The normalized spacial score (nSPS) is 12.0. The third-order valence-electron chi connectivity index (χ3n) is 8.87. The fourth-order valence-electron chi connectivity index (χ4n) is 6.81. The second-order valence-electron chi connectivity index (χ2n) is 11.4. The molecule has 10 rings (SSSR count). The standard InChI is InChI=1S/C40H23N3S2/c1-2-10-24(11-3-1)25-18-20-26(21-19-25)36-35-31-14-6-9-17-34(31)45-39(35)42-40(41-36)43-32-15-7-4-12-27(32)29-22-23-30-28-13-5-8-16-33(28)44-38(30)37(29)43/h1-23H. The summed E-state index contributed by atoms with van der Waals surface area (Å²) in [5.41, 5.74) is 6.72. The van der Waals surface area contributed by atoms with Crippen molar-refractivity contribution >= 4 is 85.0 Å². The smallest absolute Gasteiger partial charge is 0.236 e. The molecule has 210 valence electrons. The van der Waals surface area contributed by atoms with Crippen molar-refractivity contribution in [1.29, 1.82) is 0 Å². The summed E-state index contributed by atoms with van der Waals surface area (Å²) in [6, 6.07) is 49.8. The molecule has 0 aliphatic heterocycles. The Morgan fingerprint density at radius 2 is 1.07 bits per heavy atom. The van der Waals surface area contributed by atoms with E-state index in [1.165, 1.54) is 57.7 Å². The minimum atomic E-state index is 0.701. The lowest BCUT2D eigenvalue weighted by Gasteiger charge is -2.11. The highest BCUT2D eigenvalue weighted by atomic mass is 32.1. The molecule has 0 fully saturated rings. The van der Waals surface area contributed by atoms with Gasteiger partial charge in [-0.3, -0.25) is 4.57 Å². The van der Waals surface area contributed by atoms with Crippen molar-refractivity contribution in [1.82, 2.24) is 14.5 Å². The van der Waals surface area contributed by atoms with Crippen molar-refractivity contribution in [2.45, 2.75) is 0 Å². The first-order valence-corrected chi connectivity index (χ1v) is 16.6. The van der Waals surface area contributed by atoms with E-state index in [0.717, 1.165) is 27.0 Å². The van der Waals surface area contributed by atoms with Crippen molar-refractivity contribution < 1.29 is 0 Å². The zero-order chi connectivity index (χ0) is 29.5. The van der Waals surface area contributed by atoms with Crippen LogP contribution in [-0.2, 0) is 0 Å². The van der Waals surface area contributed by atoms with Crippen molar-refractivity contribution in [3.05, 3.63) is 140 Å². The van der Waals surface area contributed by atoms with Gasteiger partial charge in [-0.25, -0.2) is 9.97 Å². The number of hydrogen-bond donors (Lipinski definition) is 0. The minimum absolute atomic E-state index is 0.701. The molecule has 0 amide bonds. The van der Waals surface area contributed by atoms with E-state index >= 15 is 0 Å². The van der Waals surface area contributed by atoms with Crippen LogP contribution >= 0.6 is 22.7 Å². The van der Waals surface area contributed by atoms with Gasteiger partial charge < -0.3 is 0 Å². The highest BCUT2D eigenvalue weighted by molar-refractivity contribution is 7.26. The number of aromatic nitrogens is 3. The lowest BCUT2D eigenvalue weighted by atomic mass is 10.0. The van der Waals surface area contributed by atoms with E-state index in [0.29, 0.717) is 5.95 Å². The third kappa shape index (κ3) is 3.69. The van der Waals surface area contributed by atoms with Gasteiger partial charge in [0.25, 0.3) is 0 Å². The highest BCUT2D eigenvalue weighted by Crippen LogP contribution is 2.44. The Labute approximate surface area is 266 Å². The number of nitrogens with zero attached hydrogens (tertiary/aromatic N) is 3. The van der Waals surface area contributed by atoms with Gasteiger partial charge in [0, 0.05) is 47.3 Å². The van der Waals surface area contributed by atoms with Gasteiger partial charge in [0.2, 0.25) is 5.95 Å². The summed E-state index contributed by atoms with van der Waals surface area (Å²) in [6.07, 6.45) is 0. The molecule has 4 heterocycles. The fourth-order valence-corrected chi connectivity index (χ4v) is 9.12. The molecule has 0 bridgehead atoms. The predicted molar refractivity (Wildman–Crippen MR) is 193 cm³/mol. The summed E-state index contributed by atoms with van der Waals surface area (Å²) in [7, 11) is 0. The number of hydrogen-bond acceptors (Lipinski definition) is 4. The second-order valence-corrected chi connectivity index (χ2v) is 13.5.